The number of nitro groups is 1. The maximum absolute atomic E-state index is 10.9. The first-order valence-corrected chi connectivity index (χ1v) is 4.87. The Labute approximate surface area is 96.0 Å². The summed E-state index contributed by atoms with van der Waals surface area (Å²) in [6, 6.07) is 1.11. The summed E-state index contributed by atoms with van der Waals surface area (Å²) in [4.78, 5) is 24.4. The molecule has 0 aromatic carbocycles. The van der Waals surface area contributed by atoms with Gasteiger partial charge < -0.3 is 5.11 Å². The second-order valence-corrected chi connectivity index (χ2v) is 3.52. The molecule has 0 fully saturated rings. The van der Waals surface area contributed by atoms with Gasteiger partial charge >= 0.3 is 5.97 Å². The van der Waals surface area contributed by atoms with Crippen molar-refractivity contribution in [1.29, 1.82) is 0 Å². The summed E-state index contributed by atoms with van der Waals surface area (Å²) in [6.45, 7) is 1.68. The van der Waals surface area contributed by atoms with Crippen LogP contribution < -0.4 is 0 Å². The van der Waals surface area contributed by atoms with E-state index >= 15 is 0 Å². The predicted octanol–water partition coefficient (Wildman–Crippen LogP) is 2.22. The molecular weight excluding hydrogens is 236 g/mol. The second kappa shape index (κ2) is 4.89. The lowest BCUT2D eigenvalue weighted by atomic mass is 10.0. The number of hydrogen-bond donors (Lipinski definition) is 1. The van der Waals surface area contributed by atoms with Gasteiger partial charge in [0, 0.05) is 6.07 Å². The van der Waals surface area contributed by atoms with Crippen LogP contribution in [-0.4, -0.2) is 21.0 Å². The second-order valence-electron chi connectivity index (χ2n) is 3.12. The van der Waals surface area contributed by atoms with Crippen LogP contribution >= 0.6 is 11.6 Å². The van der Waals surface area contributed by atoms with E-state index < -0.39 is 16.8 Å². The maximum atomic E-state index is 10.9. The minimum atomic E-state index is -1.05. The van der Waals surface area contributed by atoms with E-state index in [0.29, 0.717) is 6.42 Å². The zero-order valence-corrected chi connectivity index (χ0v) is 9.14. The maximum Gasteiger partial charge on any atom is 0.312 e. The Bertz CT molecular complexity index is 436. The SMILES string of the molecule is CCC(C(=O)O)c1ncc([N+](=O)[O-])cc1Cl. The minimum Gasteiger partial charge on any atom is -0.481 e. The molecule has 6 nitrogen and oxygen atoms in total. The fraction of sp³-hybridized carbons (Fsp3) is 0.333. The number of carbonyl (C=O) groups is 1. The summed E-state index contributed by atoms with van der Waals surface area (Å²) >= 11 is 5.76. The first kappa shape index (κ1) is 12.4. The third kappa shape index (κ3) is 2.46. The van der Waals surface area contributed by atoms with Crippen molar-refractivity contribution in [3.8, 4) is 0 Å². The molecule has 1 atom stereocenters. The van der Waals surface area contributed by atoms with E-state index in [1.54, 1.807) is 6.92 Å². The molecule has 0 bridgehead atoms. The molecule has 1 aromatic rings. The van der Waals surface area contributed by atoms with Gasteiger partial charge in [0.2, 0.25) is 0 Å². The van der Waals surface area contributed by atoms with Crippen molar-refractivity contribution in [3.05, 3.63) is 33.1 Å². The van der Waals surface area contributed by atoms with Crippen molar-refractivity contribution in [2.24, 2.45) is 0 Å². The molecule has 0 spiro atoms. The first-order valence-electron chi connectivity index (χ1n) is 4.50. The molecule has 1 aromatic heterocycles. The Balaban J connectivity index is 3.16. The molecule has 7 heteroatoms. The summed E-state index contributed by atoms with van der Waals surface area (Å²) in [6.07, 6.45) is 1.33. The largest absolute Gasteiger partial charge is 0.481 e. The number of aliphatic carboxylic acids is 1. The van der Waals surface area contributed by atoms with Crippen molar-refractivity contribution in [3.63, 3.8) is 0 Å². The van der Waals surface area contributed by atoms with E-state index in [4.69, 9.17) is 16.7 Å². The number of pyridine rings is 1. The van der Waals surface area contributed by atoms with Gasteiger partial charge in [-0.2, -0.15) is 0 Å². The van der Waals surface area contributed by atoms with Gasteiger partial charge in [0.05, 0.1) is 15.6 Å². The molecule has 86 valence electrons. The summed E-state index contributed by atoms with van der Waals surface area (Å²) in [5.74, 6) is -1.89. The third-order valence-corrected chi connectivity index (χ3v) is 2.41. The lowest BCUT2D eigenvalue weighted by Crippen LogP contribution is -2.12. The fourth-order valence-electron chi connectivity index (χ4n) is 1.28. The van der Waals surface area contributed by atoms with Gasteiger partial charge in [0.1, 0.15) is 12.1 Å². The highest BCUT2D eigenvalue weighted by Crippen LogP contribution is 2.28. The lowest BCUT2D eigenvalue weighted by Gasteiger charge is -2.10. The van der Waals surface area contributed by atoms with E-state index in [0.717, 1.165) is 12.3 Å². The third-order valence-electron chi connectivity index (χ3n) is 2.10. The van der Waals surface area contributed by atoms with E-state index in [9.17, 15) is 14.9 Å². The molecule has 1 rings (SSSR count). The lowest BCUT2D eigenvalue weighted by molar-refractivity contribution is -0.385. The zero-order valence-electron chi connectivity index (χ0n) is 8.38. The van der Waals surface area contributed by atoms with Gasteiger partial charge in [-0.1, -0.05) is 18.5 Å². The van der Waals surface area contributed by atoms with Gasteiger partial charge in [-0.25, -0.2) is 0 Å². The molecule has 1 unspecified atom stereocenters. The van der Waals surface area contributed by atoms with E-state index in [2.05, 4.69) is 4.98 Å². The molecular formula is C9H9ClN2O4. The van der Waals surface area contributed by atoms with Crippen LogP contribution in [0.4, 0.5) is 5.69 Å². The van der Waals surface area contributed by atoms with Gasteiger partial charge in [0.15, 0.2) is 0 Å². The van der Waals surface area contributed by atoms with Crippen LogP contribution in [0, 0.1) is 10.1 Å². The summed E-state index contributed by atoms with van der Waals surface area (Å²) in [5, 5.41) is 19.3. The van der Waals surface area contributed by atoms with Gasteiger partial charge in [-0.05, 0) is 6.42 Å². The molecule has 0 saturated heterocycles. The summed E-state index contributed by atoms with van der Waals surface area (Å²) in [7, 11) is 0. The smallest absolute Gasteiger partial charge is 0.312 e. The number of carboxylic acids is 1. The number of aromatic nitrogens is 1. The zero-order chi connectivity index (χ0) is 12.3. The quantitative estimate of drug-likeness (QED) is 0.647. The van der Waals surface area contributed by atoms with Gasteiger partial charge in [-0.15, -0.1) is 0 Å². The van der Waals surface area contributed by atoms with E-state index in [1.807, 2.05) is 0 Å². The summed E-state index contributed by atoms with van der Waals surface area (Å²) < 4.78 is 0. The Hall–Kier alpha value is -1.69. The van der Waals surface area contributed by atoms with Crippen LogP contribution in [0.1, 0.15) is 25.0 Å². The molecule has 16 heavy (non-hydrogen) atoms. The summed E-state index contributed by atoms with van der Waals surface area (Å²) in [5.41, 5.74) is -0.101. The van der Waals surface area contributed by atoms with Gasteiger partial charge in [0.25, 0.3) is 5.69 Å². The highest BCUT2D eigenvalue weighted by Gasteiger charge is 2.23. The molecule has 0 aliphatic heterocycles. The van der Waals surface area contributed by atoms with Crippen LogP contribution in [0.25, 0.3) is 0 Å². The number of nitrogens with zero attached hydrogens (tertiary/aromatic N) is 2. The van der Waals surface area contributed by atoms with Crippen molar-refractivity contribution in [1.82, 2.24) is 4.98 Å². The van der Waals surface area contributed by atoms with Crippen molar-refractivity contribution < 1.29 is 14.8 Å². The van der Waals surface area contributed by atoms with Crippen molar-refractivity contribution in [2.75, 3.05) is 0 Å². The van der Waals surface area contributed by atoms with Crippen LogP contribution in [0.2, 0.25) is 5.02 Å². The predicted molar refractivity (Wildman–Crippen MR) is 56.6 cm³/mol. The highest BCUT2D eigenvalue weighted by molar-refractivity contribution is 6.31. The minimum absolute atomic E-state index is 0.00319. The Kier molecular flexibility index (Phi) is 3.78. The number of halogens is 1. The Morgan fingerprint density at radius 2 is 2.38 bits per heavy atom. The van der Waals surface area contributed by atoms with Crippen LogP contribution in [0.3, 0.4) is 0 Å². The topological polar surface area (TPSA) is 93.3 Å². The molecule has 0 amide bonds. The number of hydrogen-bond acceptors (Lipinski definition) is 4. The Morgan fingerprint density at radius 1 is 1.75 bits per heavy atom. The van der Waals surface area contributed by atoms with Crippen LogP contribution in [0.5, 0.6) is 0 Å². The van der Waals surface area contributed by atoms with E-state index in [1.165, 1.54) is 0 Å². The highest BCUT2D eigenvalue weighted by atomic mass is 35.5. The van der Waals surface area contributed by atoms with Crippen molar-refractivity contribution in [2.45, 2.75) is 19.3 Å². The standard InChI is InChI=1S/C9H9ClN2O4/c1-2-6(9(13)14)8-7(10)3-5(4-11-8)12(15)16/h3-4,6H,2H2,1H3,(H,13,14). The normalized spacial score (nSPS) is 12.1. The van der Waals surface area contributed by atoms with Gasteiger partial charge in [-0.3, -0.25) is 19.9 Å². The van der Waals surface area contributed by atoms with Crippen molar-refractivity contribution >= 4 is 23.3 Å². The molecule has 0 aliphatic carbocycles. The molecule has 0 aliphatic rings. The van der Waals surface area contributed by atoms with E-state index in [-0.39, 0.29) is 16.4 Å². The fourth-order valence-corrected chi connectivity index (χ4v) is 1.57. The van der Waals surface area contributed by atoms with Crippen LogP contribution in [0.15, 0.2) is 12.3 Å². The number of rotatable bonds is 4. The molecule has 1 N–H and O–H groups in total. The molecule has 1 heterocycles. The Morgan fingerprint density at radius 3 is 2.75 bits per heavy atom. The monoisotopic (exact) mass is 244 g/mol. The average Bonchev–Trinajstić information content (AvgIpc) is 2.20. The first-order chi connectivity index (χ1) is 7.47. The molecule has 0 saturated carbocycles. The average molecular weight is 245 g/mol. The number of carboxylic acid groups (broad SMARTS) is 1. The molecule has 0 radical (unpaired) electrons. The van der Waals surface area contributed by atoms with Crippen LogP contribution in [-0.2, 0) is 4.79 Å².